The van der Waals surface area contributed by atoms with E-state index in [1.807, 2.05) is 6.92 Å². The summed E-state index contributed by atoms with van der Waals surface area (Å²) in [5.74, 6) is 1.59. The lowest BCUT2D eigenvalue weighted by molar-refractivity contribution is 0.639. The molecule has 0 saturated heterocycles. The summed E-state index contributed by atoms with van der Waals surface area (Å²) in [6, 6.07) is 0. The minimum atomic E-state index is 0.426. The first-order valence-electron chi connectivity index (χ1n) is 6.61. The zero-order valence-corrected chi connectivity index (χ0v) is 12.9. The summed E-state index contributed by atoms with van der Waals surface area (Å²) >= 11 is 1.64. The standard InChI is InChI=1S/C12H19N7S/c1-5-14-10-16-11(19-7-13-6-15-19)18-12(17-10)20-9(4)8(2)3/h6-9H,5H2,1-4H3,(H,14,16,17,18). The Morgan fingerprint density at radius 2 is 2.05 bits per heavy atom. The number of hydrogen-bond donors (Lipinski definition) is 1. The average molecular weight is 293 g/mol. The van der Waals surface area contributed by atoms with Gasteiger partial charge in [0.05, 0.1) is 0 Å². The first-order chi connectivity index (χ1) is 9.60. The molecule has 1 unspecified atom stereocenters. The number of thioether (sulfide) groups is 1. The third kappa shape index (κ3) is 3.66. The van der Waals surface area contributed by atoms with Gasteiger partial charge in [-0.05, 0) is 12.8 Å². The maximum absolute atomic E-state index is 4.44. The Kier molecular flexibility index (Phi) is 4.89. The molecule has 0 aromatic carbocycles. The van der Waals surface area contributed by atoms with Crippen LogP contribution >= 0.6 is 11.8 Å². The molecule has 0 amide bonds. The molecule has 0 aliphatic heterocycles. The zero-order valence-electron chi connectivity index (χ0n) is 12.1. The molecule has 0 saturated carbocycles. The highest BCUT2D eigenvalue weighted by Gasteiger charge is 2.14. The molecule has 0 fully saturated rings. The third-order valence-electron chi connectivity index (χ3n) is 2.79. The lowest BCUT2D eigenvalue weighted by atomic mass is 10.2. The Morgan fingerprint density at radius 1 is 1.25 bits per heavy atom. The Morgan fingerprint density at radius 3 is 2.65 bits per heavy atom. The Hall–Kier alpha value is -1.70. The van der Waals surface area contributed by atoms with Gasteiger partial charge in [-0.25, -0.2) is 4.98 Å². The summed E-state index contributed by atoms with van der Waals surface area (Å²) in [7, 11) is 0. The van der Waals surface area contributed by atoms with Crippen molar-refractivity contribution in [3.63, 3.8) is 0 Å². The SMILES string of the molecule is CCNc1nc(SC(C)C(C)C)nc(-n2cncn2)n1. The van der Waals surface area contributed by atoms with Crippen LogP contribution in [-0.4, -0.2) is 41.5 Å². The maximum atomic E-state index is 4.44. The normalized spacial score (nSPS) is 12.7. The number of nitrogens with one attached hydrogen (secondary N) is 1. The van der Waals surface area contributed by atoms with E-state index in [2.05, 4.69) is 51.1 Å². The number of aromatic nitrogens is 6. The predicted octanol–water partition coefficient (Wildman–Crippen LogP) is 2.02. The van der Waals surface area contributed by atoms with Crippen molar-refractivity contribution in [3.8, 4) is 5.95 Å². The molecule has 108 valence electrons. The van der Waals surface area contributed by atoms with Gasteiger partial charge in [-0.2, -0.15) is 24.7 Å². The van der Waals surface area contributed by atoms with Crippen LogP contribution in [-0.2, 0) is 0 Å². The summed E-state index contributed by atoms with van der Waals surface area (Å²) in [5.41, 5.74) is 0. The number of anilines is 1. The van der Waals surface area contributed by atoms with Crippen LogP contribution < -0.4 is 5.32 Å². The summed E-state index contributed by atoms with van der Waals surface area (Å²) in [4.78, 5) is 17.1. The molecule has 0 bridgehead atoms. The fraction of sp³-hybridized carbons (Fsp3) is 0.583. The van der Waals surface area contributed by atoms with E-state index in [1.165, 1.54) is 11.0 Å². The third-order valence-corrected chi connectivity index (χ3v) is 4.10. The van der Waals surface area contributed by atoms with Gasteiger partial charge in [-0.1, -0.05) is 32.5 Å². The van der Waals surface area contributed by atoms with Gasteiger partial charge in [-0.3, -0.25) is 0 Å². The molecule has 20 heavy (non-hydrogen) atoms. The van der Waals surface area contributed by atoms with Gasteiger partial charge in [0.15, 0.2) is 5.16 Å². The first-order valence-corrected chi connectivity index (χ1v) is 7.49. The molecule has 7 nitrogen and oxygen atoms in total. The molecule has 2 aromatic rings. The van der Waals surface area contributed by atoms with Crippen molar-refractivity contribution in [1.29, 1.82) is 0 Å². The maximum Gasteiger partial charge on any atom is 0.257 e. The first kappa shape index (κ1) is 14.7. The van der Waals surface area contributed by atoms with Crippen molar-refractivity contribution in [1.82, 2.24) is 29.7 Å². The van der Waals surface area contributed by atoms with Gasteiger partial charge in [-0.15, -0.1) is 0 Å². The van der Waals surface area contributed by atoms with E-state index in [4.69, 9.17) is 0 Å². The fourth-order valence-electron chi connectivity index (χ4n) is 1.35. The van der Waals surface area contributed by atoms with Crippen molar-refractivity contribution in [2.75, 3.05) is 11.9 Å². The Bertz CT molecular complexity index is 541. The lowest BCUT2D eigenvalue weighted by Gasteiger charge is -2.14. The second-order valence-corrected chi connectivity index (χ2v) is 6.02. The molecule has 1 N–H and O–H groups in total. The highest BCUT2D eigenvalue weighted by molar-refractivity contribution is 7.99. The van der Waals surface area contributed by atoms with E-state index in [0.29, 0.717) is 28.2 Å². The second kappa shape index (κ2) is 6.65. The van der Waals surface area contributed by atoms with E-state index >= 15 is 0 Å². The Balaban J connectivity index is 2.31. The van der Waals surface area contributed by atoms with Gasteiger partial charge in [0.1, 0.15) is 12.7 Å². The Labute approximate surface area is 122 Å². The van der Waals surface area contributed by atoms with Crippen molar-refractivity contribution in [2.24, 2.45) is 5.92 Å². The summed E-state index contributed by atoms with van der Waals surface area (Å²) in [6.07, 6.45) is 3.03. The van der Waals surface area contributed by atoms with Gasteiger partial charge in [0, 0.05) is 11.8 Å². The number of hydrogen-bond acceptors (Lipinski definition) is 7. The average Bonchev–Trinajstić information content (AvgIpc) is 2.92. The fourth-order valence-corrected chi connectivity index (χ4v) is 2.23. The van der Waals surface area contributed by atoms with Crippen molar-refractivity contribution in [3.05, 3.63) is 12.7 Å². The van der Waals surface area contributed by atoms with Crippen LogP contribution in [0, 0.1) is 5.92 Å². The van der Waals surface area contributed by atoms with Crippen LogP contribution in [0.3, 0.4) is 0 Å². The topological polar surface area (TPSA) is 81.4 Å². The quantitative estimate of drug-likeness (QED) is 0.816. The van der Waals surface area contributed by atoms with E-state index < -0.39 is 0 Å². The molecule has 1 atom stereocenters. The number of rotatable bonds is 6. The smallest absolute Gasteiger partial charge is 0.257 e. The lowest BCUT2D eigenvalue weighted by Crippen LogP contribution is -2.12. The molecule has 8 heteroatoms. The van der Waals surface area contributed by atoms with Crippen LogP contribution in [0.2, 0.25) is 0 Å². The molecule has 2 heterocycles. The van der Waals surface area contributed by atoms with Crippen LogP contribution in [0.5, 0.6) is 0 Å². The van der Waals surface area contributed by atoms with Crippen LogP contribution in [0.25, 0.3) is 5.95 Å². The van der Waals surface area contributed by atoms with Gasteiger partial charge >= 0.3 is 0 Å². The van der Waals surface area contributed by atoms with Gasteiger partial charge in [0.25, 0.3) is 5.95 Å². The zero-order chi connectivity index (χ0) is 14.5. The molecule has 0 spiro atoms. The van der Waals surface area contributed by atoms with Crippen LogP contribution in [0.1, 0.15) is 27.7 Å². The highest BCUT2D eigenvalue weighted by Crippen LogP contribution is 2.25. The highest BCUT2D eigenvalue weighted by atomic mass is 32.2. The van der Waals surface area contributed by atoms with Gasteiger partial charge in [0.2, 0.25) is 5.95 Å². The molecular formula is C12H19N7S. The minimum absolute atomic E-state index is 0.426. The van der Waals surface area contributed by atoms with Crippen LogP contribution in [0.4, 0.5) is 5.95 Å². The number of nitrogens with zero attached hydrogens (tertiary/aromatic N) is 6. The molecule has 0 aliphatic carbocycles. The van der Waals surface area contributed by atoms with E-state index in [1.54, 1.807) is 18.1 Å². The molecule has 0 radical (unpaired) electrons. The van der Waals surface area contributed by atoms with Crippen LogP contribution in [0.15, 0.2) is 17.8 Å². The molecule has 2 aromatic heterocycles. The van der Waals surface area contributed by atoms with Gasteiger partial charge < -0.3 is 5.32 Å². The van der Waals surface area contributed by atoms with Crippen molar-refractivity contribution in [2.45, 2.75) is 38.1 Å². The van der Waals surface area contributed by atoms with Crippen molar-refractivity contribution < 1.29 is 0 Å². The summed E-state index contributed by atoms with van der Waals surface area (Å²) in [5, 5.41) is 8.30. The summed E-state index contributed by atoms with van der Waals surface area (Å²) in [6.45, 7) is 9.29. The van der Waals surface area contributed by atoms with E-state index in [0.717, 1.165) is 6.54 Å². The minimum Gasteiger partial charge on any atom is -0.354 e. The molecule has 0 aliphatic rings. The molecule has 2 rings (SSSR count). The van der Waals surface area contributed by atoms with E-state index in [-0.39, 0.29) is 0 Å². The summed E-state index contributed by atoms with van der Waals surface area (Å²) < 4.78 is 1.53. The second-order valence-electron chi connectivity index (χ2n) is 4.68. The largest absolute Gasteiger partial charge is 0.354 e. The monoisotopic (exact) mass is 293 g/mol. The van der Waals surface area contributed by atoms with Crippen molar-refractivity contribution >= 4 is 17.7 Å². The predicted molar refractivity (Wildman–Crippen MR) is 79.1 cm³/mol. The van der Waals surface area contributed by atoms with E-state index in [9.17, 15) is 0 Å². The molecular weight excluding hydrogens is 274 g/mol.